The van der Waals surface area contributed by atoms with Crippen LogP contribution in [0, 0.1) is 0 Å². The van der Waals surface area contributed by atoms with E-state index < -0.39 is 32.5 Å². The predicted molar refractivity (Wildman–Crippen MR) is 241 cm³/mol. The summed E-state index contributed by atoms with van der Waals surface area (Å²) in [6.07, 6.45) is 45.9. The predicted octanol–water partition coefficient (Wildman–Crippen LogP) is 13.3. The number of ether oxygens (including phenoxy) is 2. The largest absolute Gasteiger partial charge is 0.756 e. The molecule has 0 fully saturated rings. The molecule has 0 aromatic carbocycles. The Hall–Kier alpha value is -1.51. The molecular formula is C48H92NO8P. The molecule has 1 unspecified atom stereocenters. The minimum atomic E-state index is -4.65. The van der Waals surface area contributed by atoms with E-state index in [9.17, 15) is 19.0 Å². The van der Waals surface area contributed by atoms with Crippen LogP contribution in [-0.2, 0) is 32.7 Å². The van der Waals surface area contributed by atoms with Crippen molar-refractivity contribution in [1.82, 2.24) is 0 Å². The molecule has 0 aromatic heterocycles. The van der Waals surface area contributed by atoms with Gasteiger partial charge in [0.25, 0.3) is 7.82 Å². The van der Waals surface area contributed by atoms with Crippen LogP contribution < -0.4 is 4.89 Å². The van der Waals surface area contributed by atoms with E-state index in [0.717, 1.165) is 38.5 Å². The lowest BCUT2D eigenvalue weighted by atomic mass is 10.0. The SMILES string of the molecule is CCCCCCCCCCCCCCCCC/C=C/C(=O)OC[C@H](COP(=O)([O-])OCC[N+](C)(C)C)OC(=O)/C=C/CCCCCCCCCCCCCCCCC. The Bertz CT molecular complexity index is 1040. The van der Waals surface area contributed by atoms with Crippen LogP contribution in [0.5, 0.6) is 0 Å². The lowest BCUT2D eigenvalue weighted by Gasteiger charge is -2.28. The maximum Gasteiger partial charge on any atom is 0.330 e. The van der Waals surface area contributed by atoms with Crippen molar-refractivity contribution in [1.29, 1.82) is 0 Å². The molecular weight excluding hydrogens is 750 g/mol. The van der Waals surface area contributed by atoms with Gasteiger partial charge in [-0.25, -0.2) is 9.59 Å². The summed E-state index contributed by atoms with van der Waals surface area (Å²) in [5, 5.41) is 0. The lowest BCUT2D eigenvalue weighted by molar-refractivity contribution is -0.870. The van der Waals surface area contributed by atoms with Gasteiger partial charge in [0.2, 0.25) is 0 Å². The molecule has 0 radical (unpaired) electrons. The molecule has 10 heteroatoms. The molecule has 0 N–H and O–H groups in total. The number of carbonyl (C=O) groups is 2. The number of carbonyl (C=O) groups excluding carboxylic acids is 2. The van der Waals surface area contributed by atoms with Gasteiger partial charge < -0.3 is 27.9 Å². The number of phosphoric acid groups is 1. The van der Waals surface area contributed by atoms with Crippen molar-refractivity contribution in [3.05, 3.63) is 24.3 Å². The average molecular weight is 842 g/mol. The fourth-order valence-electron chi connectivity index (χ4n) is 6.81. The lowest BCUT2D eigenvalue weighted by Crippen LogP contribution is -2.37. The monoisotopic (exact) mass is 842 g/mol. The van der Waals surface area contributed by atoms with Crippen LogP contribution in [0.15, 0.2) is 24.3 Å². The van der Waals surface area contributed by atoms with Gasteiger partial charge in [0.15, 0.2) is 6.10 Å². The number of rotatable bonds is 44. The number of hydrogen-bond donors (Lipinski definition) is 0. The summed E-state index contributed by atoms with van der Waals surface area (Å²) in [4.78, 5) is 37.4. The maximum absolute atomic E-state index is 12.6. The van der Waals surface area contributed by atoms with Crippen LogP contribution in [0.3, 0.4) is 0 Å². The van der Waals surface area contributed by atoms with Crippen LogP contribution in [0.4, 0.5) is 0 Å². The van der Waals surface area contributed by atoms with Crippen molar-refractivity contribution < 1.29 is 42.1 Å². The van der Waals surface area contributed by atoms with E-state index in [-0.39, 0.29) is 13.2 Å². The quantitative estimate of drug-likeness (QED) is 0.0196. The number of quaternary nitrogens is 1. The fraction of sp³-hybridized carbons (Fsp3) is 0.875. The zero-order valence-electron chi connectivity index (χ0n) is 38.5. The van der Waals surface area contributed by atoms with Crippen molar-refractivity contribution in [2.24, 2.45) is 0 Å². The van der Waals surface area contributed by atoms with Crippen molar-refractivity contribution in [3.63, 3.8) is 0 Å². The molecule has 0 spiro atoms. The van der Waals surface area contributed by atoms with Gasteiger partial charge in [-0.2, -0.15) is 0 Å². The molecule has 0 aliphatic carbocycles. The third-order valence-electron chi connectivity index (χ3n) is 10.6. The molecule has 0 saturated carbocycles. The first-order valence-electron chi connectivity index (χ1n) is 24.1. The Morgan fingerprint density at radius 2 is 0.862 bits per heavy atom. The third kappa shape index (κ3) is 44.1. The van der Waals surface area contributed by atoms with Crippen LogP contribution in [-0.4, -0.2) is 70.0 Å². The van der Waals surface area contributed by atoms with Gasteiger partial charge in [-0.3, -0.25) is 4.57 Å². The van der Waals surface area contributed by atoms with E-state index in [1.165, 1.54) is 179 Å². The summed E-state index contributed by atoms with van der Waals surface area (Å²) in [5.41, 5.74) is 0. The standard InChI is InChI=1S/C48H92NO8P/c1-6-8-10-12-14-16-18-20-22-24-26-28-30-32-34-36-38-40-47(50)54-44-46(45-56-58(52,53)55-43-42-49(3,4)5)57-48(51)41-39-37-35-33-31-29-27-25-23-21-19-17-15-13-11-9-7-2/h38-41,46H,6-37,42-45H2,1-5H3/b40-38+,41-39+/t46-/m1/s1. The van der Waals surface area contributed by atoms with Gasteiger partial charge in [0.05, 0.1) is 27.7 Å². The summed E-state index contributed by atoms with van der Waals surface area (Å²) in [6, 6.07) is 0. The number of likely N-dealkylation sites (N-methyl/N-ethyl adjacent to an activating group) is 1. The number of hydrogen-bond acceptors (Lipinski definition) is 8. The molecule has 0 aliphatic heterocycles. The van der Waals surface area contributed by atoms with E-state index in [1.807, 2.05) is 21.1 Å². The first kappa shape index (κ1) is 56.5. The van der Waals surface area contributed by atoms with E-state index >= 15 is 0 Å². The molecule has 0 heterocycles. The summed E-state index contributed by atoms with van der Waals surface area (Å²) < 4.78 is 33.7. The Labute approximate surface area is 358 Å². The maximum atomic E-state index is 12.6. The molecule has 9 nitrogen and oxygen atoms in total. The molecule has 58 heavy (non-hydrogen) atoms. The Kier molecular flexibility index (Phi) is 39.8. The molecule has 0 aliphatic rings. The van der Waals surface area contributed by atoms with Crippen LogP contribution in [0.2, 0.25) is 0 Å². The number of phosphoric ester groups is 1. The third-order valence-corrected chi connectivity index (χ3v) is 11.5. The fourth-order valence-corrected chi connectivity index (χ4v) is 7.54. The molecule has 0 rings (SSSR count). The van der Waals surface area contributed by atoms with Crippen LogP contribution in [0.1, 0.15) is 219 Å². The summed E-state index contributed by atoms with van der Waals surface area (Å²) in [6.45, 7) is 4.10. The van der Waals surface area contributed by atoms with E-state index in [2.05, 4.69) is 13.8 Å². The smallest absolute Gasteiger partial charge is 0.330 e. The van der Waals surface area contributed by atoms with Crippen molar-refractivity contribution in [2.45, 2.75) is 225 Å². The Morgan fingerprint density at radius 3 is 1.22 bits per heavy atom. The zero-order valence-corrected chi connectivity index (χ0v) is 39.4. The topological polar surface area (TPSA) is 111 Å². The second kappa shape index (κ2) is 40.9. The molecule has 0 amide bonds. The average Bonchev–Trinajstić information content (AvgIpc) is 3.17. The number of unbranched alkanes of at least 4 members (excludes halogenated alkanes) is 30. The van der Waals surface area contributed by atoms with E-state index in [0.29, 0.717) is 11.0 Å². The Balaban J connectivity index is 4.37. The second-order valence-corrected chi connectivity index (χ2v) is 19.0. The highest BCUT2D eigenvalue weighted by Crippen LogP contribution is 2.38. The highest BCUT2D eigenvalue weighted by atomic mass is 31.2. The molecule has 342 valence electrons. The minimum absolute atomic E-state index is 0.0457. The van der Waals surface area contributed by atoms with Gasteiger partial charge in [0.1, 0.15) is 19.8 Å². The van der Waals surface area contributed by atoms with Gasteiger partial charge in [-0.05, 0) is 25.7 Å². The molecule has 2 atom stereocenters. The summed E-state index contributed by atoms with van der Waals surface area (Å²) in [7, 11) is 1.12. The van der Waals surface area contributed by atoms with Gasteiger partial charge in [-0.1, -0.05) is 206 Å². The van der Waals surface area contributed by atoms with Crippen LogP contribution in [0.25, 0.3) is 0 Å². The van der Waals surface area contributed by atoms with Crippen LogP contribution >= 0.6 is 7.82 Å². The first-order valence-corrected chi connectivity index (χ1v) is 25.6. The number of allylic oxidation sites excluding steroid dienone is 2. The number of nitrogens with zero attached hydrogens (tertiary/aromatic N) is 1. The normalized spacial score (nSPS) is 13.7. The zero-order chi connectivity index (χ0) is 42.8. The second-order valence-electron chi connectivity index (χ2n) is 17.6. The summed E-state index contributed by atoms with van der Waals surface area (Å²) >= 11 is 0. The Morgan fingerprint density at radius 1 is 0.517 bits per heavy atom. The highest BCUT2D eigenvalue weighted by Gasteiger charge is 2.21. The van der Waals surface area contributed by atoms with E-state index in [4.69, 9.17) is 18.5 Å². The van der Waals surface area contributed by atoms with Crippen molar-refractivity contribution in [2.75, 3.05) is 47.5 Å². The molecule has 0 aromatic rings. The molecule has 0 bridgehead atoms. The van der Waals surface area contributed by atoms with E-state index in [1.54, 1.807) is 12.2 Å². The minimum Gasteiger partial charge on any atom is -0.756 e. The first-order chi connectivity index (χ1) is 28.0. The van der Waals surface area contributed by atoms with Gasteiger partial charge in [-0.15, -0.1) is 0 Å². The number of esters is 2. The van der Waals surface area contributed by atoms with Crippen molar-refractivity contribution in [3.8, 4) is 0 Å². The van der Waals surface area contributed by atoms with Gasteiger partial charge >= 0.3 is 11.9 Å². The summed E-state index contributed by atoms with van der Waals surface area (Å²) in [5.74, 6) is -1.21. The van der Waals surface area contributed by atoms with Crippen molar-refractivity contribution >= 4 is 19.8 Å². The molecule has 0 saturated heterocycles. The highest BCUT2D eigenvalue weighted by molar-refractivity contribution is 7.45. The van der Waals surface area contributed by atoms with Gasteiger partial charge in [0, 0.05) is 12.2 Å².